The minimum Gasteiger partial charge on any atom is -0.415 e. The van der Waals surface area contributed by atoms with E-state index in [0.717, 1.165) is 0 Å². The molecule has 0 aliphatic rings. The number of hydrogen-bond acceptors (Lipinski definition) is 3. The molecular formula is C28H31F7N2OSi. The summed E-state index contributed by atoms with van der Waals surface area (Å²) >= 11 is 0. The van der Waals surface area contributed by atoms with Crippen molar-refractivity contribution >= 4 is 8.32 Å². The van der Waals surface area contributed by atoms with Gasteiger partial charge in [-0.15, -0.1) is 0 Å². The van der Waals surface area contributed by atoms with Gasteiger partial charge in [-0.2, -0.15) is 26.3 Å². The molecule has 0 aliphatic carbocycles. The van der Waals surface area contributed by atoms with Crippen LogP contribution in [0.15, 0.2) is 60.9 Å². The molecule has 1 unspecified atom stereocenters. The molecule has 1 aromatic heterocycles. The maximum atomic E-state index is 14.5. The Morgan fingerprint density at radius 1 is 0.872 bits per heavy atom. The molecule has 3 aromatic rings. The first-order valence-electron chi connectivity index (χ1n) is 12.2. The van der Waals surface area contributed by atoms with E-state index in [2.05, 4.69) is 10.3 Å². The van der Waals surface area contributed by atoms with E-state index in [1.807, 2.05) is 33.9 Å². The van der Waals surface area contributed by atoms with Crippen LogP contribution in [0, 0.1) is 5.82 Å². The van der Waals surface area contributed by atoms with Crippen molar-refractivity contribution in [3.63, 3.8) is 0 Å². The molecular weight excluding hydrogens is 541 g/mol. The summed E-state index contributed by atoms with van der Waals surface area (Å²) in [6, 6.07) is 8.17. The maximum Gasteiger partial charge on any atom is 0.416 e. The molecule has 2 aromatic carbocycles. The van der Waals surface area contributed by atoms with E-state index in [9.17, 15) is 30.7 Å². The van der Waals surface area contributed by atoms with Gasteiger partial charge in [0.25, 0.3) is 0 Å². The Balaban J connectivity index is 2.04. The standard InChI is InChI=1S/C28H31F7N2OSi/c1-26(2,3)39(4,5)38-17-25(18-12-20(27(30,31)32)14-21(13-18)28(33,34)35)37-16-19-15-36-11-10-22(19)23-8-6-7-9-24(23)29/h6-15,25,37H,16-17H2,1-5H3. The molecule has 212 valence electrons. The van der Waals surface area contributed by atoms with Crippen LogP contribution in [0.4, 0.5) is 30.7 Å². The van der Waals surface area contributed by atoms with Gasteiger partial charge < -0.3 is 9.74 Å². The SMILES string of the molecule is CC(C)(C)[Si](C)(C)OCC(NCc1cnccc1-c1ccccc1F)c1cc(C(F)(F)F)cc(C(F)(F)F)c1. The Hall–Kier alpha value is -2.76. The first-order chi connectivity index (χ1) is 17.9. The fourth-order valence-electron chi connectivity index (χ4n) is 3.70. The van der Waals surface area contributed by atoms with Gasteiger partial charge in [-0.25, -0.2) is 4.39 Å². The second-order valence-corrected chi connectivity index (χ2v) is 15.7. The number of nitrogens with one attached hydrogen (secondary N) is 1. The van der Waals surface area contributed by atoms with Crippen molar-refractivity contribution in [3.05, 3.63) is 89.0 Å². The quantitative estimate of drug-likeness (QED) is 0.216. The monoisotopic (exact) mass is 572 g/mol. The number of alkyl halides is 6. The highest BCUT2D eigenvalue weighted by Gasteiger charge is 2.40. The second kappa shape index (κ2) is 11.4. The summed E-state index contributed by atoms with van der Waals surface area (Å²) in [5, 5.41) is 2.82. The molecule has 39 heavy (non-hydrogen) atoms. The van der Waals surface area contributed by atoms with E-state index < -0.39 is 43.7 Å². The molecule has 0 saturated heterocycles. The number of hydrogen-bond donors (Lipinski definition) is 1. The van der Waals surface area contributed by atoms with Gasteiger partial charge in [0.15, 0.2) is 8.32 Å². The molecule has 3 nitrogen and oxygen atoms in total. The molecule has 0 fully saturated rings. The molecule has 1 atom stereocenters. The van der Waals surface area contributed by atoms with Crippen molar-refractivity contribution in [1.82, 2.24) is 10.3 Å². The molecule has 3 rings (SSSR count). The Morgan fingerprint density at radius 2 is 1.46 bits per heavy atom. The van der Waals surface area contributed by atoms with E-state index in [4.69, 9.17) is 4.43 Å². The molecule has 0 spiro atoms. The Kier molecular flexibility index (Phi) is 8.98. The smallest absolute Gasteiger partial charge is 0.415 e. The van der Waals surface area contributed by atoms with Crippen LogP contribution in [0.2, 0.25) is 18.1 Å². The normalized spacial score (nSPS) is 13.9. The highest BCUT2D eigenvalue weighted by atomic mass is 28.4. The average Bonchev–Trinajstić information content (AvgIpc) is 2.82. The van der Waals surface area contributed by atoms with E-state index in [0.29, 0.717) is 28.8 Å². The van der Waals surface area contributed by atoms with Gasteiger partial charge in [0, 0.05) is 24.5 Å². The van der Waals surface area contributed by atoms with Crippen molar-refractivity contribution in [1.29, 1.82) is 0 Å². The van der Waals surface area contributed by atoms with Crippen LogP contribution in [0.1, 0.15) is 49.1 Å². The Labute approximate surface area is 224 Å². The van der Waals surface area contributed by atoms with Crippen LogP contribution in [-0.4, -0.2) is 19.9 Å². The Bertz CT molecular complexity index is 1250. The van der Waals surface area contributed by atoms with Gasteiger partial charge in [0.2, 0.25) is 0 Å². The zero-order valence-corrected chi connectivity index (χ0v) is 23.3. The van der Waals surface area contributed by atoms with Gasteiger partial charge in [-0.1, -0.05) is 39.0 Å². The number of nitrogens with zero attached hydrogens (tertiary/aromatic N) is 1. The minimum absolute atomic E-state index is 0.0133. The molecule has 0 radical (unpaired) electrons. The summed E-state index contributed by atoms with van der Waals surface area (Å²) in [5.74, 6) is -0.476. The summed E-state index contributed by atoms with van der Waals surface area (Å²) in [6.45, 7) is 9.63. The highest BCUT2D eigenvalue weighted by Crippen LogP contribution is 2.40. The van der Waals surface area contributed by atoms with Crippen molar-refractivity contribution in [2.24, 2.45) is 0 Å². The van der Waals surface area contributed by atoms with Gasteiger partial charge in [0.1, 0.15) is 5.82 Å². The van der Waals surface area contributed by atoms with Crippen LogP contribution in [0.25, 0.3) is 11.1 Å². The van der Waals surface area contributed by atoms with Crippen LogP contribution < -0.4 is 5.32 Å². The summed E-state index contributed by atoms with van der Waals surface area (Å²) in [6.07, 6.45) is -7.01. The minimum atomic E-state index is -4.98. The predicted molar refractivity (Wildman–Crippen MR) is 139 cm³/mol. The summed E-state index contributed by atoms with van der Waals surface area (Å²) < 4.78 is 102. The molecule has 0 amide bonds. The number of pyridine rings is 1. The van der Waals surface area contributed by atoms with Crippen LogP contribution in [0.3, 0.4) is 0 Å². The van der Waals surface area contributed by atoms with Crippen LogP contribution in [-0.2, 0) is 23.3 Å². The molecule has 1 heterocycles. The van der Waals surface area contributed by atoms with Gasteiger partial charge in [0.05, 0.1) is 23.8 Å². The number of halogens is 7. The first kappa shape index (κ1) is 30.8. The average molecular weight is 573 g/mol. The number of rotatable bonds is 8. The van der Waals surface area contributed by atoms with Gasteiger partial charge in [-0.3, -0.25) is 4.98 Å². The van der Waals surface area contributed by atoms with Gasteiger partial charge >= 0.3 is 12.4 Å². The topological polar surface area (TPSA) is 34.1 Å². The summed E-state index contributed by atoms with van der Waals surface area (Å²) in [5.41, 5.74) is -1.71. The predicted octanol–water partition coefficient (Wildman–Crippen LogP) is 8.78. The maximum absolute atomic E-state index is 14.5. The lowest BCUT2D eigenvalue weighted by Crippen LogP contribution is -2.43. The van der Waals surface area contributed by atoms with Crippen LogP contribution >= 0.6 is 0 Å². The third-order valence-corrected chi connectivity index (χ3v) is 11.5. The fraction of sp³-hybridized carbons (Fsp3) is 0.393. The first-order valence-corrected chi connectivity index (χ1v) is 15.2. The van der Waals surface area contributed by atoms with Crippen molar-refractivity contribution in [2.75, 3.05) is 6.61 Å². The molecule has 0 saturated carbocycles. The molecule has 1 N–H and O–H groups in total. The summed E-state index contributed by atoms with van der Waals surface area (Å²) in [4.78, 5) is 4.08. The van der Waals surface area contributed by atoms with Crippen molar-refractivity contribution in [2.45, 2.75) is 63.8 Å². The van der Waals surface area contributed by atoms with Gasteiger partial charge in [-0.05, 0) is 65.2 Å². The third kappa shape index (κ3) is 7.67. The fourth-order valence-corrected chi connectivity index (χ4v) is 4.72. The lowest BCUT2D eigenvalue weighted by Gasteiger charge is -2.37. The number of aromatic nitrogens is 1. The molecule has 0 aliphatic heterocycles. The van der Waals surface area contributed by atoms with Crippen molar-refractivity contribution < 1.29 is 35.2 Å². The van der Waals surface area contributed by atoms with E-state index in [-0.39, 0.29) is 29.8 Å². The lowest BCUT2D eigenvalue weighted by molar-refractivity contribution is -0.143. The van der Waals surface area contributed by atoms with Crippen molar-refractivity contribution in [3.8, 4) is 11.1 Å². The highest BCUT2D eigenvalue weighted by molar-refractivity contribution is 6.74. The largest absolute Gasteiger partial charge is 0.416 e. The molecule has 11 heteroatoms. The molecule has 0 bridgehead atoms. The third-order valence-electron chi connectivity index (χ3n) is 7.04. The summed E-state index contributed by atoms with van der Waals surface area (Å²) in [7, 11) is -2.43. The van der Waals surface area contributed by atoms with E-state index in [1.165, 1.54) is 24.5 Å². The zero-order chi connectivity index (χ0) is 29.2. The van der Waals surface area contributed by atoms with E-state index >= 15 is 0 Å². The van der Waals surface area contributed by atoms with E-state index in [1.54, 1.807) is 18.2 Å². The Morgan fingerprint density at radius 3 is 2.00 bits per heavy atom. The zero-order valence-electron chi connectivity index (χ0n) is 22.3. The van der Waals surface area contributed by atoms with Crippen LogP contribution in [0.5, 0.6) is 0 Å². The lowest BCUT2D eigenvalue weighted by atomic mass is 9.98. The number of benzene rings is 2. The second-order valence-electron chi connectivity index (χ2n) is 10.9.